The zero-order valence-corrected chi connectivity index (χ0v) is 61.1. The van der Waals surface area contributed by atoms with E-state index in [2.05, 4.69) is 73.5 Å². The number of nitrogens with two attached hydrogens (primary N) is 8. The Labute approximate surface area is 627 Å². The van der Waals surface area contributed by atoms with Crippen molar-refractivity contribution >= 4 is 112 Å². The van der Waals surface area contributed by atoms with Crippen LogP contribution in [-0.2, 0) is 80.0 Å². The van der Waals surface area contributed by atoms with Gasteiger partial charge in [0.2, 0.25) is 76.8 Å². The first-order valence-electron chi connectivity index (χ1n) is 35.1. The lowest BCUT2D eigenvalue weighted by molar-refractivity contribution is -0.143. The molecule has 0 aliphatic carbocycles. The van der Waals surface area contributed by atoms with Crippen molar-refractivity contribution in [3.05, 3.63) is 65.2 Å². The Morgan fingerprint density at radius 3 is 1.59 bits per heavy atom. The van der Waals surface area contributed by atoms with Crippen molar-refractivity contribution < 1.29 is 77.3 Å². The molecule has 592 valence electrons. The van der Waals surface area contributed by atoms with Crippen molar-refractivity contribution in [2.75, 3.05) is 57.3 Å². The third-order valence-electron chi connectivity index (χ3n) is 16.7. The predicted molar refractivity (Wildman–Crippen MR) is 396 cm³/mol. The van der Waals surface area contributed by atoms with Crippen LogP contribution in [-0.4, -0.2) is 233 Å². The standard InChI is InChI=1S/C67H102N24O16S/c1-36(2)26-45-59(102)85-43(14-7-23-78-66(73)74)58(101)89-47(29-38-10-5-11-39(27-38)31-69)61(104)87-44(15-8-24-79-67(75)76)64(107)91-25-9-16-50(91)63(106)86-42(12-3-4-21-68)57(100)90-48(30-54(96)97)62(105)84-41(13-6-22-77-65(71)72)56(99)81-32-51(93)80-33-52(94)83-49(55(70)98)34-108-35-53(95)82-46(60(103)88-45)28-37-17-19-40(92)20-18-37/h5,10-11,17-20,27,36,41-50,92H,3-4,6-9,12-16,21-26,28-30,32-35,68H2,1-2H3,(H2,70,98)(H,80,93)(H,81,99)(H,82,95)(H,83,94)(H,84,105)(H,85,102)(H,86,106)(H,87,104)(H,88,103)(H,89,101)(H,90,100)(H,96,97)(H4,71,72,77)(H4,73,74,78)(H4,75,76,79)/t41-,42-,43-,44-,45-,46-,47-,48-,49-,50-/m0/s1. The van der Waals surface area contributed by atoms with Crippen molar-refractivity contribution in [2.45, 2.75) is 171 Å². The number of unbranched alkanes of at least 4 members (excludes halogenated alkanes) is 1. The summed E-state index contributed by atoms with van der Waals surface area (Å²) in [6, 6.07) is -1.67. The minimum absolute atomic E-state index is 0.00499. The molecule has 0 saturated carbocycles. The van der Waals surface area contributed by atoms with E-state index in [1.165, 1.54) is 47.4 Å². The summed E-state index contributed by atoms with van der Waals surface area (Å²) < 4.78 is 0. The normalized spacial score (nSPS) is 22.8. The Balaban J connectivity index is 1.88. The maximum Gasteiger partial charge on any atom is 0.305 e. The topological polar surface area (TPSA) is 684 Å². The molecule has 2 aromatic rings. The molecule has 13 amide bonds. The molecule has 0 bridgehead atoms. The lowest BCUT2D eigenvalue weighted by Crippen LogP contribution is -2.61. The van der Waals surface area contributed by atoms with Crippen LogP contribution in [0.2, 0.25) is 0 Å². The summed E-state index contributed by atoms with van der Waals surface area (Å²) in [4.78, 5) is 210. The summed E-state index contributed by atoms with van der Waals surface area (Å²) in [5, 5.41) is 57.8. The average molecular weight is 1530 g/mol. The Bertz CT molecular complexity index is 3600. The third-order valence-corrected chi connectivity index (χ3v) is 17.7. The summed E-state index contributed by atoms with van der Waals surface area (Å²) in [6.07, 6.45) is -1.67. The predicted octanol–water partition coefficient (Wildman–Crippen LogP) is -7.32. The fourth-order valence-electron chi connectivity index (χ4n) is 11.3. The van der Waals surface area contributed by atoms with Gasteiger partial charge >= 0.3 is 5.97 Å². The number of carbonyl (C=O) groups excluding carboxylic acids is 13. The minimum atomic E-state index is -1.94. The molecule has 0 aromatic heterocycles. The summed E-state index contributed by atoms with van der Waals surface area (Å²) in [5.74, 6) is -16.2. The number of hydrogen-bond donors (Lipinski definition) is 21. The van der Waals surface area contributed by atoms with Gasteiger partial charge in [0.1, 0.15) is 66.2 Å². The molecule has 10 atom stereocenters. The van der Waals surface area contributed by atoms with Crippen LogP contribution in [0.15, 0.2) is 63.5 Å². The Kier molecular flexibility index (Phi) is 38.2. The molecule has 0 spiro atoms. The van der Waals surface area contributed by atoms with E-state index in [4.69, 9.17) is 45.9 Å². The summed E-state index contributed by atoms with van der Waals surface area (Å²) in [5.41, 5.74) is 45.9. The monoisotopic (exact) mass is 1530 g/mol. The van der Waals surface area contributed by atoms with Crippen LogP contribution < -0.4 is 104 Å². The quantitative estimate of drug-likeness (QED) is 0.0249. The smallest absolute Gasteiger partial charge is 0.305 e. The number of aliphatic imine (C=N–C) groups is 3. The molecule has 41 heteroatoms. The number of fused-ring (bicyclic) bond motifs is 1. The molecule has 108 heavy (non-hydrogen) atoms. The van der Waals surface area contributed by atoms with E-state index in [9.17, 15) is 68.2 Å². The second-order valence-electron chi connectivity index (χ2n) is 26.0. The van der Waals surface area contributed by atoms with E-state index >= 15 is 14.4 Å². The van der Waals surface area contributed by atoms with Crippen LogP contribution in [0.3, 0.4) is 0 Å². The zero-order valence-electron chi connectivity index (χ0n) is 60.3. The molecule has 29 N–H and O–H groups in total. The van der Waals surface area contributed by atoms with Crippen molar-refractivity contribution in [2.24, 2.45) is 66.8 Å². The highest BCUT2D eigenvalue weighted by molar-refractivity contribution is 8.00. The van der Waals surface area contributed by atoms with Gasteiger partial charge in [0.15, 0.2) is 17.9 Å². The molecule has 4 rings (SSSR count). The van der Waals surface area contributed by atoms with Gasteiger partial charge in [-0.05, 0) is 125 Å². The van der Waals surface area contributed by atoms with Gasteiger partial charge in [-0.2, -0.15) is 5.26 Å². The van der Waals surface area contributed by atoms with E-state index in [1.54, 1.807) is 19.9 Å². The van der Waals surface area contributed by atoms with E-state index in [0.29, 0.717) is 17.5 Å². The Hall–Kier alpha value is -11.6. The number of rotatable bonds is 25. The van der Waals surface area contributed by atoms with E-state index in [-0.39, 0.29) is 157 Å². The molecule has 2 aliphatic heterocycles. The number of phenolic OH excluding ortho intramolecular Hbond substituents is 1. The summed E-state index contributed by atoms with van der Waals surface area (Å²) in [7, 11) is 0. The van der Waals surface area contributed by atoms with Crippen molar-refractivity contribution in [1.29, 1.82) is 5.26 Å². The van der Waals surface area contributed by atoms with Gasteiger partial charge in [0, 0.05) is 44.8 Å². The molecule has 0 radical (unpaired) electrons. The van der Waals surface area contributed by atoms with Crippen LogP contribution in [0.25, 0.3) is 0 Å². The molecule has 2 aliphatic rings. The lowest BCUT2D eigenvalue weighted by Gasteiger charge is -2.31. The number of aromatic hydroxyl groups is 1. The van der Waals surface area contributed by atoms with Gasteiger partial charge < -0.3 is 119 Å². The number of carboxylic acid groups (broad SMARTS) is 1. The number of phenols is 1. The van der Waals surface area contributed by atoms with E-state index < -0.39 is 168 Å². The molecule has 0 unspecified atom stereocenters. The molecule has 2 aromatic carbocycles. The maximum absolute atomic E-state index is 15.2. The van der Waals surface area contributed by atoms with Crippen molar-refractivity contribution in [1.82, 2.24) is 63.4 Å². The first kappa shape index (κ1) is 88.8. The first-order valence-corrected chi connectivity index (χ1v) is 36.2. The molecular formula is C67H102N24O16S. The van der Waals surface area contributed by atoms with Crippen molar-refractivity contribution in [3.63, 3.8) is 0 Å². The number of primary amides is 1. The highest BCUT2D eigenvalue weighted by atomic mass is 32.2. The SMILES string of the molecule is CC(C)C[C@@H]1NC(=O)[C@H](Cc2ccc(O)cc2)NC(=O)CSC[C@@H](C(N)=O)NC(=O)CNC(=O)CNC(=O)[C@H](CCCN=C(N)N)NC(=O)[C@H](CC(=O)O)NC(=O)[C@H](CCCCN)NC(=O)[C@@H]2CCCN2C(=O)[C@H](CCCN=C(N)N)NC(=O)[C@H](Cc2cccc(C#N)c2)NC(=O)[C@H](CCCN=C(N)N)NC1=O. The Morgan fingerprint density at radius 1 is 0.556 bits per heavy atom. The van der Waals surface area contributed by atoms with Gasteiger partial charge in [0.05, 0.1) is 36.9 Å². The number of thioether (sulfide) groups is 1. The average Bonchev–Trinajstić information content (AvgIpc) is 1.54. The zero-order chi connectivity index (χ0) is 80.0. The maximum atomic E-state index is 15.2. The molecule has 2 saturated heterocycles. The van der Waals surface area contributed by atoms with E-state index in [1.807, 2.05) is 6.07 Å². The van der Waals surface area contributed by atoms with Gasteiger partial charge in [0.25, 0.3) is 0 Å². The number of nitriles is 1. The number of carboxylic acids is 1. The van der Waals surface area contributed by atoms with Crippen LogP contribution in [0.4, 0.5) is 0 Å². The third kappa shape index (κ3) is 32.8. The molecule has 40 nitrogen and oxygen atoms in total. The largest absolute Gasteiger partial charge is 0.508 e. The second-order valence-corrected chi connectivity index (χ2v) is 27.0. The fourth-order valence-corrected chi connectivity index (χ4v) is 12.2. The number of amides is 13. The van der Waals surface area contributed by atoms with Crippen LogP contribution in [0.5, 0.6) is 5.75 Å². The van der Waals surface area contributed by atoms with Crippen molar-refractivity contribution in [3.8, 4) is 11.8 Å². The number of aliphatic carboxylic acids is 1. The van der Waals surface area contributed by atoms with Crippen LogP contribution in [0.1, 0.15) is 114 Å². The Morgan fingerprint density at radius 2 is 1.04 bits per heavy atom. The first-order chi connectivity index (χ1) is 51.3. The highest BCUT2D eigenvalue weighted by Crippen LogP contribution is 2.22. The summed E-state index contributed by atoms with van der Waals surface area (Å²) in [6.45, 7) is 1.73. The van der Waals surface area contributed by atoms with Crippen LogP contribution >= 0.6 is 11.8 Å². The van der Waals surface area contributed by atoms with Gasteiger partial charge in [-0.25, -0.2) is 0 Å². The second kappa shape index (κ2) is 46.4. The van der Waals surface area contributed by atoms with Gasteiger partial charge in [-0.1, -0.05) is 38.1 Å². The highest BCUT2D eigenvalue weighted by Gasteiger charge is 2.41. The lowest BCUT2D eigenvalue weighted by atomic mass is 9.99. The minimum Gasteiger partial charge on any atom is -0.508 e. The number of nitrogens with one attached hydrogen (secondary N) is 11. The molecule has 2 fully saturated rings. The number of carbonyl (C=O) groups is 14. The number of benzene rings is 2. The summed E-state index contributed by atoms with van der Waals surface area (Å²) >= 11 is 0.799. The van der Waals surface area contributed by atoms with Gasteiger partial charge in [-0.3, -0.25) is 82.1 Å². The van der Waals surface area contributed by atoms with Crippen LogP contribution in [0, 0.1) is 17.2 Å². The molecular weight excluding hydrogens is 1430 g/mol. The fraction of sp³-hybridized carbons (Fsp3) is 0.552. The van der Waals surface area contributed by atoms with E-state index in [0.717, 1.165) is 11.8 Å². The molecule has 2 heterocycles. The number of nitrogens with zero attached hydrogens (tertiary/aromatic N) is 5. The number of hydrogen-bond acceptors (Lipinski definition) is 21. The van der Waals surface area contributed by atoms with Gasteiger partial charge in [-0.15, -0.1) is 11.8 Å². The number of guanidine groups is 3.